The van der Waals surface area contributed by atoms with E-state index in [0.717, 1.165) is 23.6 Å². The number of thioether (sulfide) groups is 1. The Morgan fingerprint density at radius 1 is 1.55 bits per heavy atom. The van der Waals surface area contributed by atoms with Crippen LogP contribution in [0.25, 0.3) is 0 Å². The van der Waals surface area contributed by atoms with E-state index in [4.69, 9.17) is 4.74 Å². The summed E-state index contributed by atoms with van der Waals surface area (Å²) in [5, 5.41) is 0.730. The number of hydrogen-bond acceptors (Lipinski definition) is 5. The van der Waals surface area contributed by atoms with Crippen molar-refractivity contribution in [1.82, 2.24) is 9.97 Å². The molecule has 1 heterocycles. The topological polar surface area (TPSA) is 72.1 Å². The molecule has 5 nitrogen and oxygen atoms in total. The Morgan fingerprint density at radius 2 is 2.25 bits per heavy atom. The molecule has 0 atom stereocenters. The van der Waals surface area contributed by atoms with Crippen molar-refractivity contribution in [3.05, 3.63) is 22.2 Å². The molecule has 6 heteroatoms. The molecule has 0 bridgehead atoms. The molecule has 0 saturated heterocycles. The van der Waals surface area contributed by atoms with Crippen molar-refractivity contribution in [3.63, 3.8) is 0 Å². The number of rotatable bonds is 6. The Morgan fingerprint density at radius 3 is 2.80 bits per heavy atom. The largest absolute Gasteiger partial charge is 0.469 e. The monoisotopic (exact) mass is 296 g/mol. The van der Waals surface area contributed by atoms with Crippen molar-refractivity contribution in [2.75, 3.05) is 12.9 Å². The van der Waals surface area contributed by atoms with Gasteiger partial charge in [-0.1, -0.05) is 13.8 Å². The molecule has 1 aliphatic rings. The van der Waals surface area contributed by atoms with Gasteiger partial charge in [0, 0.05) is 17.7 Å². The van der Waals surface area contributed by atoms with E-state index in [1.165, 1.54) is 13.2 Å². The third-order valence-electron chi connectivity index (χ3n) is 3.51. The van der Waals surface area contributed by atoms with Crippen LogP contribution >= 0.6 is 11.8 Å². The van der Waals surface area contributed by atoms with Gasteiger partial charge in [0.15, 0.2) is 0 Å². The van der Waals surface area contributed by atoms with Crippen molar-refractivity contribution in [3.8, 4) is 0 Å². The fourth-order valence-electron chi connectivity index (χ4n) is 1.96. The summed E-state index contributed by atoms with van der Waals surface area (Å²) in [5.41, 5.74) is -0.0796. The number of esters is 1. The van der Waals surface area contributed by atoms with Gasteiger partial charge in [0.05, 0.1) is 13.5 Å². The van der Waals surface area contributed by atoms with E-state index < -0.39 is 0 Å². The van der Waals surface area contributed by atoms with Gasteiger partial charge in [-0.05, 0) is 18.3 Å². The van der Waals surface area contributed by atoms with Gasteiger partial charge in [0.2, 0.25) is 0 Å². The van der Waals surface area contributed by atoms with E-state index >= 15 is 0 Å². The van der Waals surface area contributed by atoms with Gasteiger partial charge in [0.25, 0.3) is 5.56 Å². The average molecular weight is 296 g/mol. The molecule has 1 N–H and O–H groups in total. The lowest BCUT2D eigenvalue weighted by molar-refractivity contribution is -0.141. The van der Waals surface area contributed by atoms with E-state index in [1.54, 1.807) is 11.8 Å². The smallest absolute Gasteiger partial charge is 0.306 e. The summed E-state index contributed by atoms with van der Waals surface area (Å²) in [5.74, 6) is 1.53. The molecule has 1 fully saturated rings. The third kappa shape index (κ3) is 3.85. The summed E-state index contributed by atoms with van der Waals surface area (Å²) in [6.45, 7) is 3.98. The Labute approximate surface area is 122 Å². The van der Waals surface area contributed by atoms with E-state index in [2.05, 4.69) is 9.97 Å². The van der Waals surface area contributed by atoms with Crippen molar-refractivity contribution >= 4 is 17.7 Å². The second kappa shape index (κ2) is 5.99. The fourth-order valence-corrected chi connectivity index (χ4v) is 3.15. The lowest BCUT2D eigenvalue weighted by atomic mass is 10.1. The number of aromatic amines is 1. The highest BCUT2D eigenvalue weighted by Crippen LogP contribution is 2.51. The number of ether oxygens (including phenoxy) is 1. The molecular weight excluding hydrogens is 276 g/mol. The number of aromatic nitrogens is 2. The SMILES string of the molecule is COC(=O)CC1(CSc2cc(=O)[nH]c(C(C)C)n2)CC1. The van der Waals surface area contributed by atoms with Gasteiger partial charge < -0.3 is 9.72 Å². The van der Waals surface area contributed by atoms with Crippen molar-refractivity contribution in [2.45, 2.75) is 44.1 Å². The van der Waals surface area contributed by atoms with Gasteiger partial charge in [-0.25, -0.2) is 4.98 Å². The van der Waals surface area contributed by atoms with E-state index in [1.807, 2.05) is 13.8 Å². The first kappa shape index (κ1) is 15.1. The zero-order valence-electron chi connectivity index (χ0n) is 12.1. The fraction of sp³-hybridized carbons (Fsp3) is 0.643. The lowest BCUT2D eigenvalue weighted by Crippen LogP contribution is -2.15. The maximum absolute atomic E-state index is 11.6. The number of carbonyl (C=O) groups excluding carboxylic acids is 1. The zero-order valence-corrected chi connectivity index (χ0v) is 12.9. The van der Waals surface area contributed by atoms with E-state index in [-0.39, 0.29) is 22.9 Å². The number of H-pyrrole nitrogens is 1. The summed E-state index contributed by atoms with van der Waals surface area (Å²) in [6, 6.07) is 1.52. The molecule has 0 aromatic carbocycles. The standard InChI is InChI=1S/C14H20N2O3S/c1-9(2)13-15-10(17)6-11(16-13)20-8-14(4-5-14)7-12(18)19-3/h6,9H,4-5,7-8H2,1-3H3,(H,15,16,17). The first-order valence-corrected chi connectivity index (χ1v) is 7.73. The Balaban J connectivity index is 2.01. The molecule has 0 spiro atoms. The second-order valence-corrected chi connectivity index (χ2v) is 6.66. The molecule has 0 aliphatic heterocycles. The minimum Gasteiger partial charge on any atom is -0.469 e. The molecule has 0 unspecified atom stereocenters. The molecule has 0 radical (unpaired) electrons. The summed E-state index contributed by atoms with van der Waals surface area (Å²) in [4.78, 5) is 30.2. The molecule has 20 heavy (non-hydrogen) atoms. The number of carbonyl (C=O) groups is 1. The van der Waals surface area contributed by atoms with Gasteiger partial charge in [0.1, 0.15) is 10.9 Å². The lowest BCUT2D eigenvalue weighted by Gasteiger charge is -2.13. The second-order valence-electron chi connectivity index (χ2n) is 5.67. The molecule has 2 rings (SSSR count). The summed E-state index contributed by atoms with van der Waals surface area (Å²) in [6.07, 6.45) is 2.53. The highest BCUT2D eigenvalue weighted by atomic mass is 32.2. The number of methoxy groups -OCH3 is 1. The molecular formula is C14H20N2O3S. The average Bonchev–Trinajstić information content (AvgIpc) is 3.16. The number of nitrogens with zero attached hydrogens (tertiary/aromatic N) is 1. The van der Waals surface area contributed by atoms with Crippen LogP contribution in [0.5, 0.6) is 0 Å². The van der Waals surface area contributed by atoms with Crippen LogP contribution in [0.4, 0.5) is 0 Å². The summed E-state index contributed by atoms with van der Waals surface area (Å²) in [7, 11) is 1.42. The first-order valence-electron chi connectivity index (χ1n) is 6.75. The Bertz CT molecular complexity index is 550. The molecule has 1 aliphatic carbocycles. The molecule has 110 valence electrons. The van der Waals surface area contributed by atoms with E-state index in [0.29, 0.717) is 12.2 Å². The molecule has 1 aromatic heterocycles. The minimum absolute atomic E-state index is 0.0417. The highest BCUT2D eigenvalue weighted by molar-refractivity contribution is 7.99. The molecule has 0 amide bonds. The summed E-state index contributed by atoms with van der Waals surface area (Å²) >= 11 is 1.55. The molecule has 1 aromatic rings. The van der Waals surface area contributed by atoms with Gasteiger partial charge in [-0.2, -0.15) is 0 Å². The van der Waals surface area contributed by atoms with Crippen LogP contribution in [0.3, 0.4) is 0 Å². The quantitative estimate of drug-likeness (QED) is 0.495. The zero-order chi connectivity index (χ0) is 14.8. The van der Waals surface area contributed by atoms with Gasteiger partial charge in [-0.3, -0.25) is 9.59 Å². The summed E-state index contributed by atoms with van der Waals surface area (Å²) < 4.78 is 4.73. The highest BCUT2D eigenvalue weighted by Gasteiger charge is 2.44. The maximum atomic E-state index is 11.6. The Hall–Kier alpha value is -1.30. The van der Waals surface area contributed by atoms with Crippen LogP contribution in [0, 0.1) is 5.41 Å². The van der Waals surface area contributed by atoms with Crippen LogP contribution in [0.15, 0.2) is 15.9 Å². The molecule has 1 saturated carbocycles. The normalized spacial score (nSPS) is 16.2. The minimum atomic E-state index is -0.162. The van der Waals surface area contributed by atoms with Crippen molar-refractivity contribution in [2.24, 2.45) is 5.41 Å². The predicted molar refractivity (Wildman–Crippen MR) is 78.0 cm³/mol. The van der Waals surface area contributed by atoms with Crippen LogP contribution < -0.4 is 5.56 Å². The predicted octanol–water partition coefficient (Wildman–Crippen LogP) is 2.33. The van der Waals surface area contributed by atoms with Crippen LogP contribution in [0.2, 0.25) is 0 Å². The first-order chi connectivity index (χ1) is 9.44. The maximum Gasteiger partial charge on any atom is 0.306 e. The number of hydrogen-bond donors (Lipinski definition) is 1. The van der Waals surface area contributed by atoms with Crippen molar-refractivity contribution in [1.29, 1.82) is 0 Å². The Kier molecular flexibility index (Phi) is 4.52. The van der Waals surface area contributed by atoms with E-state index in [9.17, 15) is 9.59 Å². The number of nitrogens with one attached hydrogen (secondary N) is 1. The van der Waals surface area contributed by atoms with Crippen LogP contribution in [-0.4, -0.2) is 28.8 Å². The van der Waals surface area contributed by atoms with Crippen LogP contribution in [0.1, 0.15) is 44.9 Å². The van der Waals surface area contributed by atoms with Gasteiger partial charge >= 0.3 is 5.97 Å². The van der Waals surface area contributed by atoms with Gasteiger partial charge in [-0.15, -0.1) is 11.8 Å². The van der Waals surface area contributed by atoms with Crippen molar-refractivity contribution < 1.29 is 9.53 Å². The third-order valence-corrected chi connectivity index (χ3v) is 4.78. The van der Waals surface area contributed by atoms with Crippen LogP contribution in [-0.2, 0) is 9.53 Å².